The molecule has 10 heteroatoms. The molecule has 0 saturated heterocycles. The number of rotatable bonds is 11. The van der Waals surface area contributed by atoms with E-state index in [0.29, 0.717) is 24.8 Å². The normalized spacial score (nSPS) is 19.1. The van der Waals surface area contributed by atoms with Gasteiger partial charge in [-0.1, -0.05) is 48.6 Å². The first-order valence-electron chi connectivity index (χ1n) is 12.7. The van der Waals surface area contributed by atoms with E-state index in [4.69, 9.17) is 5.53 Å². The van der Waals surface area contributed by atoms with Crippen LogP contribution in [0.2, 0.25) is 0 Å². The Labute approximate surface area is 221 Å². The van der Waals surface area contributed by atoms with Crippen molar-refractivity contribution in [2.45, 2.75) is 57.3 Å². The molecule has 0 bridgehead atoms. The van der Waals surface area contributed by atoms with Crippen LogP contribution in [0, 0.1) is 5.53 Å². The first-order valence-corrected chi connectivity index (χ1v) is 12.7. The largest absolute Gasteiger partial charge is 0.406 e. The number of hydrogen-bond acceptors (Lipinski definition) is 5. The Bertz CT molecular complexity index is 1110. The van der Waals surface area contributed by atoms with Crippen molar-refractivity contribution < 1.29 is 18.0 Å². The van der Waals surface area contributed by atoms with Crippen LogP contribution < -0.4 is 15.5 Å². The van der Waals surface area contributed by atoms with Crippen molar-refractivity contribution in [3.63, 3.8) is 0 Å². The zero-order valence-electron chi connectivity index (χ0n) is 21.5. The number of alkyl halides is 3. The lowest BCUT2D eigenvalue weighted by Crippen LogP contribution is -2.47. The molecule has 1 aromatic carbocycles. The van der Waals surface area contributed by atoms with Crippen molar-refractivity contribution >= 4 is 11.6 Å². The highest BCUT2D eigenvalue weighted by molar-refractivity contribution is 5.98. The number of nitrogens with zero attached hydrogens (tertiary/aromatic N) is 3. The standard InChI is InChI=1S/C28H35F3N6O/c1-3-8-24(34-23-10-7-16-33-17-14-23)19-21(4-2)15-18-37(35-32)26-13-12-22-9-5-6-11-25(22)36(27(26)38)20-28(29,30)31/h3,5-7,9,11,14-16,18-19,24,26,32-34H,1,4,8,10,12-13,17,20H2,2H3/b18-15+,21-19+,35-32?. The molecule has 1 amide bonds. The zero-order valence-corrected chi connectivity index (χ0v) is 21.5. The Balaban J connectivity index is 1.83. The number of carbonyl (C=O) groups excluding carboxylic acids is 1. The van der Waals surface area contributed by atoms with Crippen molar-refractivity contribution in [2.75, 3.05) is 18.0 Å². The minimum absolute atomic E-state index is 0.0254. The molecule has 2 unspecified atom stereocenters. The summed E-state index contributed by atoms with van der Waals surface area (Å²) in [5.74, 6) is -0.733. The molecule has 0 radical (unpaired) electrons. The van der Waals surface area contributed by atoms with Crippen molar-refractivity contribution in [3.8, 4) is 0 Å². The third kappa shape index (κ3) is 8.09. The molecule has 0 aromatic heterocycles. The smallest absolute Gasteiger partial charge is 0.388 e. The van der Waals surface area contributed by atoms with Gasteiger partial charge in [0.05, 0.1) is 0 Å². The highest BCUT2D eigenvalue weighted by atomic mass is 19.4. The summed E-state index contributed by atoms with van der Waals surface area (Å²) in [4.78, 5) is 14.1. The fraction of sp³-hybridized carbons (Fsp3) is 0.393. The molecule has 3 rings (SSSR count). The summed E-state index contributed by atoms with van der Waals surface area (Å²) in [6.45, 7) is 5.18. The van der Waals surface area contributed by atoms with E-state index in [-0.39, 0.29) is 18.2 Å². The molecule has 0 saturated carbocycles. The van der Waals surface area contributed by atoms with Gasteiger partial charge in [-0.15, -0.1) is 6.58 Å². The number of para-hydroxylation sites is 1. The zero-order chi connectivity index (χ0) is 27.5. The predicted molar refractivity (Wildman–Crippen MR) is 143 cm³/mol. The predicted octanol–water partition coefficient (Wildman–Crippen LogP) is 5.92. The number of allylic oxidation sites excluding steroid dienone is 3. The number of anilines is 1. The van der Waals surface area contributed by atoms with Gasteiger partial charge in [0.2, 0.25) is 0 Å². The van der Waals surface area contributed by atoms with Crippen LogP contribution in [0.1, 0.15) is 38.2 Å². The highest BCUT2D eigenvalue weighted by Gasteiger charge is 2.40. The molecule has 2 aliphatic rings. The van der Waals surface area contributed by atoms with Crippen LogP contribution in [-0.2, 0) is 11.2 Å². The van der Waals surface area contributed by atoms with Gasteiger partial charge in [0.1, 0.15) is 12.6 Å². The third-order valence-corrected chi connectivity index (χ3v) is 6.39. The van der Waals surface area contributed by atoms with E-state index >= 15 is 0 Å². The average molecular weight is 529 g/mol. The number of amides is 1. The van der Waals surface area contributed by atoms with Gasteiger partial charge in [0.15, 0.2) is 0 Å². The number of nitrogens with one attached hydrogen (secondary N) is 3. The van der Waals surface area contributed by atoms with Crippen LogP contribution in [0.3, 0.4) is 0 Å². The van der Waals surface area contributed by atoms with Crippen LogP contribution in [0.15, 0.2) is 90.1 Å². The lowest BCUT2D eigenvalue weighted by atomic mass is 10.1. The van der Waals surface area contributed by atoms with Crippen LogP contribution in [0.5, 0.6) is 0 Å². The molecule has 0 spiro atoms. The van der Waals surface area contributed by atoms with Gasteiger partial charge in [-0.2, -0.15) is 18.7 Å². The Kier molecular flexibility index (Phi) is 10.3. The second-order valence-corrected chi connectivity index (χ2v) is 9.13. The van der Waals surface area contributed by atoms with Crippen molar-refractivity contribution in [1.82, 2.24) is 15.6 Å². The van der Waals surface area contributed by atoms with Crippen molar-refractivity contribution in [2.24, 2.45) is 5.22 Å². The molecule has 3 N–H and O–H groups in total. The summed E-state index contributed by atoms with van der Waals surface area (Å²) < 4.78 is 40.2. The Hall–Kier alpha value is -3.82. The fourth-order valence-electron chi connectivity index (χ4n) is 4.52. The number of hydrogen-bond donors (Lipinski definition) is 3. The minimum atomic E-state index is -4.57. The Morgan fingerprint density at radius 2 is 2.18 bits per heavy atom. The molecule has 0 aliphatic carbocycles. The highest BCUT2D eigenvalue weighted by Crippen LogP contribution is 2.31. The molecule has 204 valence electrons. The molecule has 2 atom stereocenters. The number of aryl methyl sites for hydroxylation is 1. The van der Waals surface area contributed by atoms with Crippen LogP contribution in [-0.4, -0.2) is 42.3 Å². The van der Waals surface area contributed by atoms with E-state index in [1.807, 2.05) is 25.3 Å². The number of halogens is 3. The molecular weight excluding hydrogens is 493 g/mol. The summed E-state index contributed by atoms with van der Waals surface area (Å²) in [5.41, 5.74) is 10.6. The molecule has 2 heterocycles. The molecule has 2 aliphatic heterocycles. The lowest BCUT2D eigenvalue weighted by molar-refractivity contribution is -0.135. The maximum absolute atomic E-state index is 13.4. The average Bonchev–Trinajstić information content (AvgIpc) is 3.22. The van der Waals surface area contributed by atoms with Crippen LogP contribution in [0.25, 0.3) is 0 Å². The summed E-state index contributed by atoms with van der Waals surface area (Å²) in [6, 6.07) is 5.56. The quantitative estimate of drug-likeness (QED) is 0.144. The van der Waals surface area contributed by atoms with Gasteiger partial charge in [0, 0.05) is 36.6 Å². The summed E-state index contributed by atoms with van der Waals surface area (Å²) in [7, 11) is 0. The Morgan fingerprint density at radius 1 is 1.39 bits per heavy atom. The molecule has 0 fully saturated rings. The maximum Gasteiger partial charge on any atom is 0.406 e. The lowest BCUT2D eigenvalue weighted by Gasteiger charge is -2.29. The molecule has 38 heavy (non-hydrogen) atoms. The fourth-order valence-corrected chi connectivity index (χ4v) is 4.52. The van der Waals surface area contributed by atoms with Gasteiger partial charge in [-0.05, 0) is 61.2 Å². The second kappa shape index (κ2) is 13.6. The summed E-state index contributed by atoms with van der Waals surface area (Å²) >= 11 is 0. The van der Waals surface area contributed by atoms with E-state index in [1.54, 1.807) is 24.3 Å². The molecule has 1 aromatic rings. The van der Waals surface area contributed by atoms with E-state index in [2.05, 4.69) is 34.6 Å². The van der Waals surface area contributed by atoms with Gasteiger partial charge >= 0.3 is 6.18 Å². The minimum Gasteiger partial charge on any atom is -0.388 e. The second-order valence-electron chi connectivity index (χ2n) is 9.13. The van der Waals surface area contributed by atoms with Gasteiger partial charge in [-0.25, -0.2) is 5.01 Å². The maximum atomic E-state index is 13.4. The van der Waals surface area contributed by atoms with Crippen LogP contribution >= 0.6 is 0 Å². The number of fused-ring (bicyclic) bond motifs is 1. The Morgan fingerprint density at radius 3 is 2.89 bits per heavy atom. The van der Waals surface area contributed by atoms with E-state index < -0.39 is 24.7 Å². The van der Waals surface area contributed by atoms with Crippen LogP contribution in [0.4, 0.5) is 18.9 Å². The van der Waals surface area contributed by atoms with Crippen molar-refractivity contribution in [3.05, 3.63) is 90.5 Å². The van der Waals surface area contributed by atoms with Gasteiger partial charge in [-0.3, -0.25) is 4.79 Å². The molecule has 7 nitrogen and oxygen atoms in total. The van der Waals surface area contributed by atoms with E-state index in [1.165, 1.54) is 12.3 Å². The summed E-state index contributed by atoms with van der Waals surface area (Å²) in [5, 5.41) is 11.4. The van der Waals surface area contributed by atoms with E-state index in [9.17, 15) is 18.0 Å². The summed E-state index contributed by atoms with van der Waals surface area (Å²) in [6.07, 6.45) is 11.4. The van der Waals surface area contributed by atoms with E-state index in [0.717, 1.165) is 34.1 Å². The molecular formula is C28H35F3N6O. The SMILES string of the molecule is C=CCC(/C=C(/C=C/N(N=N)C1CCc2ccccc2N(CC(F)(F)F)C1=O)CC)NC1=CCNC=CC1. The number of carbonyl (C=O) groups is 1. The van der Waals surface area contributed by atoms with Gasteiger partial charge in [0.25, 0.3) is 5.91 Å². The first-order chi connectivity index (χ1) is 18.3. The topological polar surface area (TPSA) is 83.8 Å². The monoisotopic (exact) mass is 528 g/mol. The number of benzene rings is 1. The van der Waals surface area contributed by atoms with Crippen molar-refractivity contribution in [1.29, 1.82) is 5.53 Å². The first kappa shape index (κ1) is 28.7. The van der Waals surface area contributed by atoms with Gasteiger partial charge < -0.3 is 15.5 Å². The third-order valence-electron chi connectivity index (χ3n) is 6.39.